The first-order valence-electron chi connectivity index (χ1n) is 16.6. The van der Waals surface area contributed by atoms with Gasteiger partial charge in [-0.3, -0.25) is 19.4 Å². The molecule has 2 saturated heterocycles. The van der Waals surface area contributed by atoms with Crippen LogP contribution in [0.5, 0.6) is 11.5 Å². The Morgan fingerprint density at radius 3 is 2.55 bits per heavy atom. The molecular weight excluding hydrogens is 659 g/mol. The fourth-order valence-corrected chi connectivity index (χ4v) is 8.04. The molecule has 2 amide bonds. The van der Waals surface area contributed by atoms with E-state index in [2.05, 4.69) is 4.98 Å². The number of pyridine rings is 1. The average Bonchev–Trinajstić information content (AvgIpc) is 3.50. The van der Waals surface area contributed by atoms with E-state index in [4.69, 9.17) is 9.47 Å². The number of carboxylic acid groups (broad SMARTS) is 1. The van der Waals surface area contributed by atoms with E-state index >= 15 is 4.79 Å². The molecule has 1 aromatic carbocycles. The molecule has 13 heteroatoms. The highest BCUT2D eigenvalue weighted by Gasteiger charge is 2.57. The van der Waals surface area contributed by atoms with Crippen molar-refractivity contribution in [1.29, 1.82) is 0 Å². The monoisotopic (exact) mass is 701 g/mol. The molecule has 2 aliphatic heterocycles. The number of ether oxygens (including phenoxy) is 2. The summed E-state index contributed by atoms with van der Waals surface area (Å²) >= 11 is 1.43. The highest BCUT2D eigenvalue weighted by atomic mass is 32.1. The van der Waals surface area contributed by atoms with E-state index in [0.717, 1.165) is 28.8 Å². The fraction of sp³-hybridized carbons (Fsp3) is 0.500. The van der Waals surface area contributed by atoms with E-state index < -0.39 is 52.9 Å². The number of carbonyl (C=O) groups is 3. The second-order valence-corrected chi connectivity index (χ2v) is 13.9. The molecule has 4 heterocycles. The van der Waals surface area contributed by atoms with Crippen LogP contribution in [0.2, 0.25) is 0 Å². The van der Waals surface area contributed by atoms with Gasteiger partial charge in [0, 0.05) is 48.4 Å². The number of thiophene rings is 1. The van der Waals surface area contributed by atoms with Gasteiger partial charge in [-0.1, -0.05) is 31.5 Å². The van der Waals surface area contributed by atoms with Crippen molar-refractivity contribution in [2.45, 2.75) is 95.0 Å². The van der Waals surface area contributed by atoms with Crippen molar-refractivity contribution in [2.75, 3.05) is 20.2 Å². The third-order valence-corrected chi connectivity index (χ3v) is 10.5. The number of methoxy groups -OCH3 is 1. The van der Waals surface area contributed by atoms with Gasteiger partial charge in [0.15, 0.2) is 0 Å². The second kappa shape index (κ2) is 15.2. The zero-order valence-corrected chi connectivity index (χ0v) is 28.7. The Morgan fingerprint density at radius 2 is 1.88 bits per heavy atom. The molecule has 2 fully saturated rings. The number of benzene rings is 1. The van der Waals surface area contributed by atoms with Crippen molar-refractivity contribution >= 4 is 29.1 Å². The van der Waals surface area contributed by atoms with Gasteiger partial charge in [-0.05, 0) is 74.8 Å². The number of amides is 2. The number of carbonyl (C=O) groups excluding carboxylic acids is 2. The van der Waals surface area contributed by atoms with Gasteiger partial charge in [0.05, 0.1) is 18.7 Å². The first-order chi connectivity index (χ1) is 23.4. The van der Waals surface area contributed by atoms with E-state index in [0.29, 0.717) is 43.7 Å². The molecular formula is C36H42F3N3O6S. The molecule has 3 aromatic rings. The van der Waals surface area contributed by atoms with Gasteiger partial charge in [0.2, 0.25) is 5.60 Å². The number of halogens is 3. The molecule has 2 aliphatic rings. The van der Waals surface area contributed by atoms with E-state index in [9.17, 15) is 27.9 Å². The fourth-order valence-electron chi connectivity index (χ4n) is 7.44. The Bertz CT molecular complexity index is 1650. The Balaban J connectivity index is 1.57. The molecule has 2 aromatic heterocycles. The van der Waals surface area contributed by atoms with Gasteiger partial charge >= 0.3 is 12.1 Å². The van der Waals surface area contributed by atoms with Gasteiger partial charge < -0.3 is 24.4 Å². The molecule has 49 heavy (non-hydrogen) atoms. The first-order valence-corrected chi connectivity index (χ1v) is 17.5. The Hall–Kier alpha value is -4.13. The number of rotatable bonds is 11. The zero-order chi connectivity index (χ0) is 35.3. The van der Waals surface area contributed by atoms with Gasteiger partial charge in [-0.15, -0.1) is 11.3 Å². The van der Waals surface area contributed by atoms with Crippen LogP contribution in [-0.2, 0) is 15.8 Å². The number of para-hydroxylation sites is 1. The minimum Gasteiger partial charge on any atom is -0.496 e. The molecule has 0 spiro atoms. The van der Waals surface area contributed by atoms with Crippen LogP contribution in [0.3, 0.4) is 0 Å². The lowest BCUT2D eigenvalue weighted by molar-refractivity contribution is -0.164. The summed E-state index contributed by atoms with van der Waals surface area (Å²) in [5, 5.41) is 11.4. The van der Waals surface area contributed by atoms with Crippen LogP contribution in [0, 0.1) is 6.92 Å². The molecule has 0 unspecified atom stereocenters. The third kappa shape index (κ3) is 7.71. The maximum Gasteiger partial charge on any atom is 0.418 e. The van der Waals surface area contributed by atoms with Crippen molar-refractivity contribution in [3.8, 4) is 11.5 Å². The number of carboxylic acids is 1. The number of likely N-dealkylation sites (tertiary alicyclic amines) is 2. The summed E-state index contributed by atoms with van der Waals surface area (Å²) in [4.78, 5) is 49.0. The Kier molecular flexibility index (Phi) is 11.2. The van der Waals surface area contributed by atoms with Crippen LogP contribution in [0.15, 0.2) is 54.0 Å². The summed E-state index contributed by atoms with van der Waals surface area (Å²) in [6.45, 7) is 4.20. The quantitative estimate of drug-likeness (QED) is 0.223. The van der Waals surface area contributed by atoms with Crippen LogP contribution < -0.4 is 9.47 Å². The molecule has 0 aliphatic carbocycles. The van der Waals surface area contributed by atoms with E-state index in [1.807, 2.05) is 38.1 Å². The number of nitrogens with zero attached hydrogens (tertiary/aromatic N) is 3. The van der Waals surface area contributed by atoms with E-state index in [-0.39, 0.29) is 38.1 Å². The lowest BCUT2D eigenvalue weighted by atomic mass is 9.77. The van der Waals surface area contributed by atoms with Crippen molar-refractivity contribution in [1.82, 2.24) is 14.8 Å². The molecule has 1 N–H and O–H groups in total. The minimum atomic E-state index is -4.81. The van der Waals surface area contributed by atoms with E-state index in [1.54, 1.807) is 23.5 Å². The Morgan fingerprint density at radius 1 is 1.10 bits per heavy atom. The summed E-state index contributed by atoms with van der Waals surface area (Å²) in [5.41, 5.74) is -2.52. The van der Waals surface area contributed by atoms with Gasteiger partial charge in [0.25, 0.3) is 11.8 Å². The predicted octanol–water partition coefficient (Wildman–Crippen LogP) is 7.34. The standard InChI is InChI=1S/C36H42F3N3O6S/c1-4-9-30-35(48-26-20-23(2)49-22-26,16-8-18-42(30)33(45)32-28(36(37,38)39)11-7-17-40-32)34(46)41-19-15-24(21-25(41)13-14-31(43)44)27-10-5-6-12-29(27)47-3/h5-7,10-12,17,20,22,24-25,30H,4,8-9,13-16,18-19,21H2,1-3H3,(H,43,44)/t24-,25+,30-,35+/m1/s1. The van der Waals surface area contributed by atoms with Crippen LogP contribution in [0.4, 0.5) is 13.2 Å². The van der Waals surface area contributed by atoms with Gasteiger partial charge in [-0.25, -0.2) is 0 Å². The summed E-state index contributed by atoms with van der Waals surface area (Å²) < 4.78 is 54.5. The molecule has 5 rings (SSSR count). The van der Waals surface area contributed by atoms with Crippen LogP contribution in [0.25, 0.3) is 0 Å². The number of alkyl halides is 3. The van der Waals surface area contributed by atoms with Gasteiger partial charge in [0.1, 0.15) is 17.2 Å². The molecule has 264 valence electrons. The number of hydrogen-bond acceptors (Lipinski definition) is 7. The number of aliphatic carboxylic acids is 1. The lowest BCUT2D eigenvalue weighted by Crippen LogP contribution is -2.69. The highest BCUT2D eigenvalue weighted by Crippen LogP contribution is 2.43. The average molecular weight is 702 g/mol. The third-order valence-electron chi connectivity index (χ3n) is 9.62. The van der Waals surface area contributed by atoms with Crippen LogP contribution in [0.1, 0.15) is 90.7 Å². The molecule has 9 nitrogen and oxygen atoms in total. The van der Waals surface area contributed by atoms with Crippen molar-refractivity contribution in [2.24, 2.45) is 0 Å². The summed E-state index contributed by atoms with van der Waals surface area (Å²) in [7, 11) is 1.60. The second-order valence-electron chi connectivity index (χ2n) is 12.7. The maximum atomic E-state index is 15.2. The normalized spacial score (nSPS) is 22.9. The summed E-state index contributed by atoms with van der Waals surface area (Å²) in [6.07, 6.45) is -1.23. The number of aromatic nitrogens is 1. The van der Waals surface area contributed by atoms with Crippen molar-refractivity contribution in [3.05, 3.63) is 75.7 Å². The minimum absolute atomic E-state index is 0.00352. The van der Waals surface area contributed by atoms with Gasteiger partial charge in [-0.2, -0.15) is 13.2 Å². The number of hydrogen-bond donors (Lipinski definition) is 1. The summed E-state index contributed by atoms with van der Waals surface area (Å²) in [5.74, 6) is -1.14. The molecule has 0 saturated carbocycles. The van der Waals surface area contributed by atoms with Crippen molar-refractivity contribution < 1.29 is 42.1 Å². The van der Waals surface area contributed by atoms with Crippen molar-refractivity contribution in [3.63, 3.8) is 0 Å². The zero-order valence-electron chi connectivity index (χ0n) is 27.9. The predicted molar refractivity (Wildman–Crippen MR) is 178 cm³/mol. The first kappa shape index (κ1) is 36.2. The van der Waals surface area contributed by atoms with Crippen LogP contribution in [-0.4, -0.2) is 75.6 Å². The topological polar surface area (TPSA) is 109 Å². The Labute approximate surface area is 288 Å². The molecule has 0 bridgehead atoms. The number of piperidine rings is 2. The highest BCUT2D eigenvalue weighted by molar-refractivity contribution is 7.10. The molecule has 4 atom stereocenters. The number of aryl methyl sites for hydroxylation is 1. The van der Waals surface area contributed by atoms with E-state index in [1.165, 1.54) is 16.2 Å². The molecule has 0 radical (unpaired) electrons. The SMILES string of the molecule is CCC[C@H]1N(C(=O)c2ncccc2C(F)(F)F)CCC[C@@]1(Oc1csc(C)c1)C(=O)N1CC[C@@H](c2ccccc2OC)C[C@@H]1CCC(=O)O. The van der Waals surface area contributed by atoms with Crippen LogP contribution >= 0.6 is 11.3 Å². The smallest absolute Gasteiger partial charge is 0.418 e. The maximum absolute atomic E-state index is 15.2. The lowest BCUT2D eigenvalue weighted by Gasteiger charge is -2.52. The summed E-state index contributed by atoms with van der Waals surface area (Å²) in [6, 6.07) is 10.0. The largest absolute Gasteiger partial charge is 0.496 e.